The van der Waals surface area contributed by atoms with E-state index in [0.29, 0.717) is 19.8 Å². The molecule has 0 unspecified atom stereocenters. The van der Waals surface area contributed by atoms with Crippen LogP contribution in [0.15, 0.2) is 6.07 Å². The third-order valence-corrected chi connectivity index (χ3v) is 3.09. The fourth-order valence-corrected chi connectivity index (χ4v) is 2.08. The molecule has 19 heavy (non-hydrogen) atoms. The standard InChI is InChI=1S/C14H25N3O2/c1-11-9-12(2)16-14(13(11)10-15)17(5-7-18-3)6-8-19-4/h9H,5-8,10,15H2,1-4H3. The highest BCUT2D eigenvalue weighted by molar-refractivity contribution is 5.51. The van der Waals surface area contributed by atoms with Gasteiger partial charge in [-0.15, -0.1) is 0 Å². The number of hydrogen-bond acceptors (Lipinski definition) is 5. The summed E-state index contributed by atoms with van der Waals surface area (Å²) in [6.07, 6.45) is 0. The van der Waals surface area contributed by atoms with Gasteiger partial charge in [0.25, 0.3) is 0 Å². The number of nitrogens with zero attached hydrogens (tertiary/aromatic N) is 2. The number of rotatable bonds is 8. The molecule has 0 fully saturated rings. The predicted octanol–water partition coefficient (Wildman–Crippen LogP) is 1.26. The highest BCUT2D eigenvalue weighted by atomic mass is 16.5. The molecular formula is C14H25N3O2. The van der Waals surface area contributed by atoms with Crippen LogP contribution in [0.4, 0.5) is 5.82 Å². The molecule has 5 heteroatoms. The monoisotopic (exact) mass is 267 g/mol. The Kier molecular flexibility index (Phi) is 6.77. The van der Waals surface area contributed by atoms with Crippen molar-refractivity contribution < 1.29 is 9.47 Å². The molecule has 2 N–H and O–H groups in total. The average molecular weight is 267 g/mol. The Morgan fingerprint density at radius 3 is 2.21 bits per heavy atom. The molecule has 0 aliphatic heterocycles. The van der Waals surface area contributed by atoms with E-state index in [-0.39, 0.29) is 0 Å². The van der Waals surface area contributed by atoms with Gasteiger partial charge in [0.1, 0.15) is 5.82 Å². The van der Waals surface area contributed by atoms with Gasteiger partial charge in [-0.2, -0.15) is 0 Å². The summed E-state index contributed by atoms with van der Waals surface area (Å²) in [5.74, 6) is 0.953. The number of methoxy groups -OCH3 is 2. The smallest absolute Gasteiger partial charge is 0.133 e. The van der Waals surface area contributed by atoms with E-state index >= 15 is 0 Å². The first-order valence-corrected chi connectivity index (χ1v) is 6.54. The van der Waals surface area contributed by atoms with Crippen molar-refractivity contribution >= 4 is 5.82 Å². The molecule has 0 radical (unpaired) electrons. The summed E-state index contributed by atoms with van der Waals surface area (Å²) in [7, 11) is 3.40. The first-order valence-electron chi connectivity index (χ1n) is 6.54. The Morgan fingerprint density at radius 2 is 1.74 bits per heavy atom. The van der Waals surface area contributed by atoms with Gasteiger partial charge in [-0.25, -0.2) is 4.98 Å². The van der Waals surface area contributed by atoms with E-state index in [0.717, 1.165) is 30.2 Å². The number of anilines is 1. The van der Waals surface area contributed by atoms with Crippen LogP contribution in [0, 0.1) is 13.8 Å². The summed E-state index contributed by atoms with van der Waals surface area (Å²) in [5, 5.41) is 0. The topological polar surface area (TPSA) is 60.6 Å². The van der Waals surface area contributed by atoms with E-state index in [2.05, 4.69) is 22.9 Å². The zero-order chi connectivity index (χ0) is 14.3. The van der Waals surface area contributed by atoms with Gasteiger partial charge >= 0.3 is 0 Å². The van der Waals surface area contributed by atoms with Gasteiger partial charge in [0.15, 0.2) is 0 Å². The van der Waals surface area contributed by atoms with Crippen LogP contribution in [0.1, 0.15) is 16.8 Å². The van der Waals surface area contributed by atoms with E-state index in [1.54, 1.807) is 14.2 Å². The number of ether oxygens (including phenoxy) is 2. The Balaban J connectivity index is 3.04. The summed E-state index contributed by atoms with van der Waals surface area (Å²) in [6, 6.07) is 2.07. The number of pyridine rings is 1. The lowest BCUT2D eigenvalue weighted by Gasteiger charge is -2.26. The fraction of sp³-hybridized carbons (Fsp3) is 0.643. The first-order chi connectivity index (χ1) is 9.13. The van der Waals surface area contributed by atoms with Crippen molar-refractivity contribution in [2.45, 2.75) is 20.4 Å². The Labute approximate surface area is 115 Å². The molecule has 0 spiro atoms. The minimum Gasteiger partial charge on any atom is -0.383 e. The second-order valence-corrected chi connectivity index (χ2v) is 4.56. The first kappa shape index (κ1) is 15.9. The van der Waals surface area contributed by atoms with Crippen LogP contribution in [-0.2, 0) is 16.0 Å². The van der Waals surface area contributed by atoms with E-state index < -0.39 is 0 Å². The Bertz CT molecular complexity index is 389. The van der Waals surface area contributed by atoms with Crippen LogP contribution < -0.4 is 10.6 Å². The van der Waals surface area contributed by atoms with Crippen LogP contribution in [0.2, 0.25) is 0 Å². The fourth-order valence-electron chi connectivity index (χ4n) is 2.08. The molecule has 1 aromatic rings. The largest absolute Gasteiger partial charge is 0.383 e. The lowest BCUT2D eigenvalue weighted by atomic mass is 10.1. The van der Waals surface area contributed by atoms with Gasteiger partial charge in [-0.3, -0.25) is 0 Å². The van der Waals surface area contributed by atoms with E-state index in [4.69, 9.17) is 15.2 Å². The number of aryl methyl sites for hydroxylation is 2. The van der Waals surface area contributed by atoms with Crippen molar-refractivity contribution in [1.29, 1.82) is 0 Å². The van der Waals surface area contributed by atoms with E-state index in [1.165, 1.54) is 5.56 Å². The predicted molar refractivity (Wildman–Crippen MR) is 77.6 cm³/mol. The maximum atomic E-state index is 5.87. The molecular weight excluding hydrogens is 242 g/mol. The summed E-state index contributed by atoms with van der Waals surface area (Å²) in [5.41, 5.74) is 9.15. The molecule has 0 saturated heterocycles. The molecule has 108 valence electrons. The average Bonchev–Trinajstić information content (AvgIpc) is 2.38. The molecule has 0 bridgehead atoms. The van der Waals surface area contributed by atoms with Crippen LogP contribution in [0.5, 0.6) is 0 Å². The second-order valence-electron chi connectivity index (χ2n) is 4.56. The van der Waals surface area contributed by atoms with Gasteiger partial charge in [0.2, 0.25) is 0 Å². The van der Waals surface area contributed by atoms with Crippen LogP contribution in [0.3, 0.4) is 0 Å². The van der Waals surface area contributed by atoms with E-state index in [9.17, 15) is 0 Å². The minimum atomic E-state index is 0.491. The van der Waals surface area contributed by atoms with Crippen molar-refractivity contribution in [3.63, 3.8) is 0 Å². The van der Waals surface area contributed by atoms with Gasteiger partial charge in [0.05, 0.1) is 13.2 Å². The van der Waals surface area contributed by atoms with Crippen LogP contribution in [0.25, 0.3) is 0 Å². The van der Waals surface area contributed by atoms with Crippen LogP contribution >= 0.6 is 0 Å². The lowest BCUT2D eigenvalue weighted by Crippen LogP contribution is -2.33. The second kappa shape index (κ2) is 8.09. The Hall–Kier alpha value is -1.17. The van der Waals surface area contributed by atoms with Gasteiger partial charge in [-0.05, 0) is 25.5 Å². The van der Waals surface area contributed by atoms with Gasteiger partial charge in [-0.1, -0.05) is 0 Å². The third kappa shape index (κ3) is 4.45. The number of nitrogens with two attached hydrogens (primary N) is 1. The van der Waals surface area contributed by atoms with E-state index in [1.807, 2.05) is 6.92 Å². The summed E-state index contributed by atoms with van der Waals surface area (Å²) in [6.45, 7) is 7.44. The van der Waals surface area contributed by atoms with Crippen molar-refractivity contribution in [1.82, 2.24) is 4.98 Å². The Morgan fingerprint density at radius 1 is 1.16 bits per heavy atom. The van der Waals surface area contributed by atoms with Crippen molar-refractivity contribution in [3.8, 4) is 0 Å². The molecule has 5 nitrogen and oxygen atoms in total. The number of hydrogen-bond donors (Lipinski definition) is 1. The quantitative estimate of drug-likeness (QED) is 0.768. The zero-order valence-corrected chi connectivity index (χ0v) is 12.4. The molecule has 0 amide bonds. The van der Waals surface area contributed by atoms with Gasteiger partial charge < -0.3 is 20.1 Å². The highest BCUT2D eigenvalue weighted by Gasteiger charge is 2.14. The normalized spacial score (nSPS) is 10.8. The zero-order valence-electron chi connectivity index (χ0n) is 12.4. The molecule has 0 atom stereocenters. The van der Waals surface area contributed by atoms with Crippen molar-refractivity contribution in [3.05, 3.63) is 22.9 Å². The summed E-state index contributed by atoms with van der Waals surface area (Å²) >= 11 is 0. The molecule has 0 aliphatic rings. The molecule has 1 rings (SSSR count). The SMILES string of the molecule is COCCN(CCOC)c1nc(C)cc(C)c1CN. The molecule has 1 heterocycles. The maximum absolute atomic E-state index is 5.87. The number of aromatic nitrogens is 1. The molecule has 0 aromatic carbocycles. The lowest BCUT2D eigenvalue weighted by molar-refractivity contribution is 0.190. The van der Waals surface area contributed by atoms with Crippen LogP contribution in [-0.4, -0.2) is 45.5 Å². The molecule has 0 saturated carbocycles. The highest BCUT2D eigenvalue weighted by Crippen LogP contribution is 2.22. The molecule has 0 aliphatic carbocycles. The van der Waals surface area contributed by atoms with Crippen molar-refractivity contribution in [2.24, 2.45) is 5.73 Å². The molecule has 1 aromatic heterocycles. The minimum absolute atomic E-state index is 0.491. The summed E-state index contributed by atoms with van der Waals surface area (Å²) in [4.78, 5) is 6.82. The van der Waals surface area contributed by atoms with Crippen molar-refractivity contribution in [2.75, 3.05) is 45.4 Å². The van der Waals surface area contributed by atoms with Gasteiger partial charge in [0, 0.05) is 45.1 Å². The third-order valence-electron chi connectivity index (χ3n) is 3.09. The summed E-state index contributed by atoms with van der Waals surface area (Å²) < 4.78 is 10.3. The maximum Gasteiger partial charge on any atom is 0.133 e.